The van der Waals surface area contributed by atoms with E-state index in [1.807, 2.05) is 0 Å². The number of para-hydroxylation sites is 1. The zero-order chi connectivity index (χ0) is 20.6. The highest BCUT2D eigenvalue weighted by molar-refractivity contribution is 7.98. The molecule has 0 radical (unpaired) electrons. The van der Waals surface area contributed by atoms with Gasteiger partial charge in [0.1, 0.15) is 11.6 Å². The summed E-state index contributed by atoms with van der Waals surface area (Å²) >= 11 is 7.52. The number of nitrogen functional groups attached to an aromatic ring is 1. The van der Waals surface area contributed by atoms with E-state index < -0.39 is 0 Å². The average molecular weight is 433 g/mol. The van der Waals surface area contributed by atoms with Crippen LogP contribution in [0.25, 0.3) is 0 Å². The fraction of sp³-hybridized carbons (Fsp3) is 0.158. The molecule has 0 fully saturated rings. The van der Waals surface area contributed by atoms with Gasteiger partial charge in [-0.2, -0.15) is 26.7 Å². The van der Waals surface area contributed by atoms with Crippen LogP contribution < -0.4 is 16.4 Å². The molecule has 0 aliphatic heterocycles. The van der Waals surface area contributed by atoms with Gasteiger partial charge >= 0.3 is 0 Å². The van der Waals surface area contributed by atoms with Crippen LogP contribution in [0, 0.1) is 5.82 Å². The first-order chi connectivity index (χ1) is 14.0. The molecular formula is C19H18ClFN6OS. The van der Waals surface area contributed by atoms with Crippen molar-refractivity contribution >= 4 is 52.5 Å². The number of benzene rings is 2. The van der Waals surface area contributed by atoms with Gasteiger partial charge in [-0.25, -0.2) is 4.39 Å². The third-order valence-electron chi connectivity index (χ3n) is 3.65. The molecular weight excluding hydrogens is 415 g/mol. The first-order valence-electron chi connectivity index (χ1n) is 8.65. The molecule has 10 heteroatoms. The van der Waals surface area contributed by atoms with Gasteiger partial charge in [-0.15, -0.1) is 0 Å². The standard InChI is InChI=1S/C19H18ClFN6OS/c20-14-3-1-2-4-15(14)24-17(28)9-10-29-11-16-25-18(22)27-19(26-16)23-13-7-5-12(21)6-8-13/h1-8H,9-11H2,(H,24,28)(H3,22,23,25,26,27). The second-order valence-corrected chi connectivity index (χ2v) is 7.41. The fourth-order valence-electron chi connectivity index (χ4n) is 2.32. The zero-order valence-electron chi connectivity index (χ0n) is 15.2. The molecule has 4 N–H and O–H groups in total. The molecule has 0 bridgehead atoms. The molecule has 29 heavy (non-hydrogen) atoms. The second-order valence-electron chi connectivity index (χ2n) is 5.90. The first-order valence-corrected chi connectivity index (χ1v) is 10.2. The van der Waals surface area contributed by atoms with Gasteiger partial charge in [0.2, 0.25) is 17.8 Å². The van der Waals surface area contributed by atoms with Crippen LogP contribution in [0.2, 0.25) is 5.02 Å². The van der Waals surface area contributed by atoms with E-state index in [0.717, 1.165) is 0 Å². The minimum absolute atomic E-state index is 0.0803. The number of halogens is 2. The molecule has 150 valence electrons. The first kappa shape index (κ1) is 20.8. The summed E-state index contributed by atoms with van der Waals surface area (Å²) in [5.74, 6) is 1.42. The topological polar surface area (TPSA) is 106 Å². The third kappa shape index (κ3) is 6.58. The van der Waals surface area contributed by atoms with Crippen molar-refractivity contribution in [1.29, 1.82) is 0 Å². The molecule has 0 unspecified atom stereocenters. The van der Waals surface area contributed by atoms with Crippen LogP contribution in [-0.4, -0.2) is 26.6 Å². The summed E-state index contributed by atoms with van der Waals surface area (Å²) in [5.41, 5.74) is 6.96. The number of nitrogens with two attached hydrogens (primary N) is 1. The van der Waals surface area contributed by atoms with E-state index in [1.165, 1.54) is 23.9 Å². The van der Waals surface area contributed by atoms with Crippen LogP contribution in [0.4, 0.5) is 27.7 Å². The summed E-state index contributed by atoms with van der Waals surface area (Å²) < 4.78 is 13.0. The maximum atomic E-state index is 13.0. The smallest absolute Gasteiger partial charge is 0.232 e. The minimum Gasteiger partial charge on any atom is -0.368 e. The van der Waals surface area contributed by atoms with Crippen molar-refractivity contribution in [3.63, 3.8) is 0 Å². The van der Waals surface area contributed by atoms with E-state index >= 15 is 0 Å². The van der Waals surface area contributed by atoms with Gasteiger partial charge in [-0.3, -0.25) is 4.79 Å². The number of aromatic nitrogens is 3. The van der Waals surface area contributed by atoms with Gasteiger partial charge in [0.15, 0.2) is 0 Å². The van der Waals surface area contributed by atoms with Gasteiger partial charge in [0.05, 0.1) is 16.5 Å². The number of anilines is 4. The Morgan fingerprint density at radius 2 is 1.86 bits per heavy atom. The fourth-order valence-corrected chi connectivity index (χ4v) is 3.29. The Morgan fingerprint density at radius 3 is 2.62 bits per heavy atom. The lowest BCUT2D eigenvalue weighted by atomic mass is 10.3. The highest BCUT2D eigenvalue weighted by Gasteiger charge is 2.08. The van der Waals surface area contributed by atoms with Crippen molar-refractivity contribution in [1.82, 2.24) is 15.0 Å². The van der Waals surface area contributed by atoms with Crippen molar-refractivity contribution in [2.45, 2.75) is 12.2 Å². The molecule has 1 amide bonds. The Kier molecular flexibility index (Phi) is 7.20. The van der Waals surface area contributed by atoms with Gasteiger partial charge in [-0.1, -0.05) is 23.7 Å². The lowest BCUT2D eigenvalue weighted by Gasteiger charge is -2.08. The number of nitrogens with zero attached hydrogens (tertiary/aromatic N) is 3. The number of carbonyl (C=O) groups is 1. The number of amides is 1. The molecule has 0 atom stereocenters. The van der Waals surface area contributed by atoms with E-state index in [-0.39, 0.29) is 23.6 Å². The summed E-state index contributed by atoms with van der Waals surface area (Å²) in [6.45, 7) is 0. The summed E-state index contributed by atoms with van der Waals surface area (Å²) in [7, 11) is 0. The zero-order valence-corrected chi connectivity index (χ0v) is 16.8. The monoisotopic (exact) mass is 432 g/mol. The Balaban J connectivity index is 1.49. The Labute approximate surface area is 176 Å². The molecule has 3 aromatic rings. The minimum atomic E-state index is -0.332. The quantitative estimate of drug-likeness (QED) is 0.457. The molecule has 7 nitrogen and oxygen atoms in total. The highest BCUT2D eigenvalue weighted by Crippen LogP contribution is 2.21. The van der Waals surface area contributed by atoms with E-state index in [4.69, 9.17) is 17.3 Å². The summed E-state index contributed by atoms with van der Waals surface area (Å²) in [4.78, 5) is 24.5. The normalized spacial score (nSPS) is 10.6. The molecule has 0 spiro atoms. The predicted molar refractivity (Wildman–Crippen MR) is 115 cm³/mol. The van der Waals surface area contributed by atoms with Crippen LogP contribution in [0.15, 0.2) is 48.5 Å². The largest absolute Gasteiger partial charge is 0.368 e. The number of rotatable bonds is 8. The molecule has 0 saturated heterocycles. The van der Waals surface area contributed by atoms with Crippen LogP contribution >= 0.6 is 23.4 Å². The van der Waals surface area contributed by atoms with E-state index in [9.17, 15) is 9.18 Å². The lowest BCUT2D eigenvalue weighted by molar-refractivity contribution is -0.115. The van der Waals surface area contributed by atoms with Crippen LogP contribution in [0.3, 0.4) is 0 Å². The van der Waals surface area contributed by atoms with Crippen molar-refractivity contribution in [2.75, 3.05) is 22.1 Å². The second kappa shape index (κ2) is 10.0. The summed E-state index contributed by atoms with van der Waals surface area (Å²) in [6.07, 6.45) is 0.317. The lowest BCUT2D eigenvalue weighted by Crippen LogP contribution is -2.12. The van der Waals surface area contributed by atoms with Crippen LogP contribution in [0.5, 0.6) is 0 Å². The number of nitrogens with one attached hydrogen (secondary N) is 2. The van der Waals surface area contributed by atoms with Crippen molar-refractivity contribution in [2.24, 2.45) is 0 Å². The van der Waals surface area contributed by atoms with Crippen molar-refractivity contribution in [3.05, 3.63) is 65.2 Å². The molecule has 0 aliphatic rings. The molecule has 0 saturated carbocycles. The molecule has 0 aliphatic carbocycles. The molecule has 2 aromatic carbocycles. The Hall–Kier alpha value is -2.91. The van der Waals surface area contributed by atoms with Gasteiger partial charge in [0.25, 0.3) is 0 Å². The maximum Gasteiger partial charge on any atom is 0.232 e. The van der Waals surface area contributed by atoms with Crippen LogP contribution in [0.1, 0.15) is 12.2 Å². The predicted octanol–water partition coefficient (Wildman–Crippen LogP) is 4.25. The van der Waals surface area contributed by atoms with E-state index in [0.29, 0.717) is 40.1 Å². The highest BCUT2D eigenvalue weighted by atomic mass is 35.5. The Morgan fingerprint density at radius 1 is 1.10 bits per heavy atom. The van der Waals surface area contributed by atoms with Crippen molar-refractivity contribution in [3.8, 4) is 0 Å². The van der Waals surface area contributed by atoms with Crippen molar-refractivity contribution < 1.29 is 9.18 Å². The van der Waals surface area contributed by atoms with E-state index in [2.05, 4.69) is 25.6 Å². The number of thioether (sulfide) groups is 1. The third-order valence-corrected chi connectivity index (χ3v) is 4.94. The molecule has 1 aromatic heterocycles. The molecule has 3 rings (SSSR count). The summed E-state index contributed by atoms with van der Waals surface area (Å²) in [5, 5.41) is 6.23. The number of carbonyl (C=O) groups excluding carboxylic acids is 1. The van der Waals surface area contributed by atoms with Gasteiger partial charge in [0, 0.05) is 17.9 Å². The average Bonchev–Trinajstić information content (AvgIpc) is 2.68. The molecule has 1 heterocycles. The number of hydrogen-bond donors (Lipinski definition) is 3. The SMILES string of the molecule is Nc1nc(CSCCC(=O)Nc2ccccc2Cl)nc(Nc2ccc(F)cc2)n1. The van der Waals surface area contributed by atoms with E-state index in [1.54, 1.807) is 36.4 Å². The van der Waals surface area contributed by atoms with Gasteiger partial charge in [-0.05, 0) is 36.4 Å². The summed E-state index contributed by atoms with van der Waals surface area (Å²) in [6, 6.07) is 12.9. The van der Waals surface area contributed by atoms with Gasteiger partial charge < -0.3 is 16.4 Å². The number of hydrogen-bond acceptors (Lipinski definition) is 7. The van der Waals surface area contributed by atoms with Crippen LogP contribution in [-0.2, 0) is 10.5 Å². The Bertz CT molecular complexity index is 989. The maximum absolute atomic E-state index is 13.0.